The third-order valence-electron chi connectivity index (χ3n) is 3.69. The Morgan fingerprint density at radius 2 is 2.04 bits per heavy atom. The normalized spacial score (nSPS) is 10.7. The van der Waals surface area contributed by atoms with Gasteiger partial charge in [-0.3, -0.25) is 4.68 Å². The Morgan fingerprint density at radius 1 is 1.22 bits per heavy atom. The van der Waals surface area contributed by atoms with Gasteiger partial charge in [-0.15, -0.1) is 6.58 Å². The number of methoxy groups -OCH3 is 2. The second-order valence-corrected chi connectivity index (χ2v) is 5.43. The van der Waals surface area contributed by atoms with E-state index >= 15 is 0 Å². The van der Waals surface area contributed by atoms with Crippen molar-refractivity contribution in [2.75, 3.05) is 14.2 Å². The topological polar surface area (TPSA) is 36.3 Å². The van der Waals surface area contributed by atoms with Crippen LogP contribution in [0, 0.1) is 0 Å². The number of hydrogen-bond acceptors (Lipinski definition) is 3. The third-order valence-corrected chi connectivity index (χ3v) is 3.99. The van der Waals surface area contributed by atoms with E-state index in [0.29, 0.717) is 17.3 Å². The molecule has 0 spiro atoms. The largest absolute Gasteiger partial charge is 0.497 e. The highest BCUT2D eigenvalue weighted by Gasteiger charge is 2.17. The average molecular weight is 329 g/mol. The molecule has 0 bridgehead atoms. The summed E-state index contributed by atoms with van der Waals surface area (Å²) in [4.78, 5) is 0. The molecule has 0 amide bonds. The van der Waals surface area contributed by atoms with Crippen LogP contribution in [0.2, 0.25) is 5.02 Å². The molecular formula is C18H17ClN2O2. The van der Waals surface area contributed by atoms with Gasteiger partial charge in [-0.1, -0.05) is 29.8 Å². The predicted octanol–water partition coefficient (Wildman–Crippen LogP) is 4.56. The minimum Gasteiger partial charge on any atom is -0.497 e. The SMILES string of the molecule is C=CCn1nc(-c2ccc(OC)cc2OC)c2cccc(Cl)c21. The van der Waals surface area contributed by atoms with Gasteiger partial charge in [0.1, 0.15) is 17.2 Å². The fraction of sp³-hybridized carbons (Fsp3) is 0.167. The smallest absolute Gasteiger partial charge is 0.132 e. The number of hydrogen-bond donors (Lipinski definition) is 0. The number of benzene rings is 2. The molecule has 0 unspecified atom stereocenters. The molecule has 23 heavy (non-hydrogen) atoms. The van der Waals surface area contributed by atoms with Crippen LogP contribution in [-0.4, -0.2) is 24.0 Å². The Morgan fingerprint density at radius 3 is 2.74 bits per heavy atom. The maximum atomic E-state index is 6.37. The molecule has 0 aliphatic carbocycles. The van der Waals surface area contributed by atoms with Gasteiger partial charge in [0.25, 0.3) is 0 Å². The van der Waals surface area contributed by atoms with Crippen LogP contribution >= 0.6 is 11.6 Å². The molecule has 0 N–H and O–H groups in total. The zero-order valence-corrected chi connectivity index (χ0v) is 13.8. The number of allylic oxidation sites excluding steroid dienone is 1. The van der Waals surface area contributed by atoms with Gasteiger partial charge in [0, 0.05) is 17.0 Å². The summed E-state index contributed by atoms with van der Waals surface area (Å²) >= 11 is 6.37. The van der Waals surface area contributed by atoms with Crippen LogP contribution < -0.4 is 9.47 Å². The first-order chi connectivity index (χ1) is 11.2. The van der Waals surface area contributed by atoms with E-state index in [9.17, 15) is 0 Å². The summed E-state index contributed by atoms with van der Waals surface area (Å²) in [5.74, 6) is 1.44. The molecule has 5 heteroatoms. The molecule has 4 nitrogen and oxygen atoms in total. The first-order valence-corrected chi connectivity index (χ1v) is 7.55. The first kappa shape index (κ1) is 15.4. The predicted molar refractivity (Wildman–Crippen MR) is 93.5 cm³/mol. The number of halogens is 1. The van der Waals surface area contributed by atoms with Crippen LogP contribution in [0.4, 0.5) is 0 Å². The van der Waals surface area contributed by atoms with Crippen molar-refractivity contribution in [1.82, 2.24) is 9.78 Å². The highest BCUT2D eigenvalue weighted by atomic mass is 35.5. The zero-order chi connectivity index (χ0) is 16.4. The third kappa shape index (κ3) is 2.66. The van der Waals surface area contributed by atoms with Gasteiger partial charge in [-0.2, -0.15) is 5.10 Å². The lowest BCUT2D eigenvalue weighted by Gasteiger charge is -2.09. The van der Waals surface area contributed by atoms with E-state index in [1.807, 2.05) is 41.1 Å². The van der Waals surface area contributed by atoms with Crippen molar-refractivity contribution in [1.29, 1.82) is 0 Å². The Bertz CT molecular complexity index is 871. The average Bonchev–Trinajstić information content (AvgIpc) is 2.94. The number of ether oxygens (including phenoxy) is 2. The van der Waals surface area contributed by atoms with E-state index in [0.717, 1.165) is 27.9 Å². The number of para-hydroxylation sites is 1. The molecule has 0 aliphatic heterocycles. The van der Waals surface area contributed by atoms with E-state index in [-0.39, 0.29) is 0 Å². The lowest BCUT2D eigenvalue weighted by molar-refractivity contribution is 0.395. The quantitative estimate of drug-likeness (QED) is 0.644. The number of fused-ring (bicyclic) bond motifs is 1. The van der Waals surface area contributed by atoms with Crippen molar-refractivity contribution in [3.8, 4) is 22.8 Å². The summed E-state index contributed by atoms with van der Waals surface area (Å²) in [6.45, 7) is 4.37. The molecule has 0 radical (unpaired) electrons. The van der Waals surface area contributed by atoms with Gasteiger partial charge < -0.3 is 9.47 Å². The van der Waals surface area contributed by atoms with Crippen molar-refractivity contribution in [3.05, 3.63) is 54.1 Å². The maximum Gasteiger partial charge on any atom is 0.132 e. The minimum absolute atomic E-state index is 0.582. The molecule has 0 fully saturated rings. The van der Waals surface area contributed by atoms with Crippen molar-refractivity contribution < 1.29 is 9.47 Å². The van der Waals surface area contributed by atoms with Crippen molar-refractivity contribution in [2.45, 2.75) is 6.54 Å². The fourth-order valence-electron chi connectivity index (χ4n) is 2.64. The van der Waals surface area contributed by atoms with Gasteiger partial charge in [0.05, 0.1) is 31.3 Å². The van der Waals surface area contributed by atoms with E-state index in [4.69, 9.17) is 26.2 Å². The van der Waals surface area contributed by atoms with Crippen molar-refractivity contribution in [2.24, 2.45) is 0 Å². The van der Waals surface area contributed by atoms with Gasteiger partial charge in [0.15, 0.2) is 0 Å². The molecule has 3 aromatic rings. The zero-order valence-electron chi connectivity index (χ0n) is 13.0. The van der Waals surface area contributed by atoms with Crippen LogP contribution in [0.3, 0.4) is 0 Å². The highest BCUT2D eigenvalue weighted by Crippen LogP contribution is 2.38. The van der Waals surface area contributed by atoms with Crippen LogP contribution in [0.5, 0.6) is 11.5 Å². The van der Waals surface area contributed by atoms with Crippen molar-refractivity contribution in [3.63, 3.8) is 0 Å². The molecule has 0 saturated carbocycles. The number of aromatic nitrogens is 2. The Balaban J connectivity index is 2.28. The Hall–Kier alpha value is -2.46. The van der Waals surface area contributed by atoms with E-state index < -0.39 is 0 Å². The molecule has 0 saturated heterocycles. The first-order valence-electron chi connectivity index (χ1n) is 7.18. The fourth-order valence-corrected chi connectivity index (χ4v) is 2.91. The molecular weight excluding hydrogens is 312 g/mol. The van der Waals surface area contributed by atoms with E-state index in [2.05, 4.69) is 6.58 Å². The molecule has 0 atom stereocenters. The van der Waals surface area contributed by atoms with E-state index in [1.165, 1.54) is 0 Å². The molecule has 3 rings (SSSR count). The lowest BCUT2D eigenvalue weighted by Crippen LogP contribution is -1.98. The monoisotopic (exact) mass is 328 g/mol. The standard InChI is InChI=1S/C18H17ClN2O2/c1-4-10-21-18-14(6-5-7-15(18)19)17(20-21)13-9-8-12(22-2)11-16(13)23-3/h4-9,11H,1,10H2,2-3H3. The molecule has 1 heterocycles. The summed E-state index contributed by atoms with van der Waals surface area (Å²) in [6.07, 6.45) is 1.80. The second-order valence-electron chi connectivity index (χ2n) is 5.02. The highest BCUT2D eigenvalue weighted by molar-refractivity contribution is 6.35. The van der Waals surface area contributed by atoms with Gasteiger partial charge in [0.2, 0.25) is 0 Å². The lowest BCUT2D eigenvalue weighted by atomic mass is 10.1. The van der Waals surface area contributed by atoms with Gasteiger partial charge >= 0.3 is 0 Å². The summed E-state index contributed by atoms with van der Waals surface area (Å²) in [7, 11) is 3.26. The summed E-state index contributed by atoms with van der Waals surface area (Å²) in [5, 5.41) is 6.35. The molecule has 1 aromatic heterocycles. The van der Waals surface area contributed by atoms with Gasteiger partial charge in [-0.25, -0.2) is 0 Å². The molecule has 0 aliphatic rings. The summed E-state index contributed by atoms with van der Waals surface area (Å²) in [6, 6.07) is 11.5. The van der Waals surface area contributed by atoms with Gasteiger partial charge in [-0.05, 0) is 18.2 Å². The van der Waals surface area contributed by atoms with Crippen molar-refractivity contribution >= 4 is 22.5 Å². The van der Waals surface area contributed by atoms with Crippen LogP contribution in [0.15, 0.2) is 49.1 Å². The molecule has 2 aromatic carbocycles. The van der Waals surface area contributed by atoms with E-state index in [1.54, 1.807) is 20.3 Å². The maximum absolute atomic E-state index is 6.37. The second kappa shape index (κ2) is 6.34. The number of nitrogens with zero attached hydrogens (tertiary/aromatic N) is 2. The van der Waals surface area contributed by atoms with Crippen LogP contribution in [0.25, 0.3) is 22.2 Å². The Kier molecular flexibility index (Phi) is 4.26. The summed E-state index contributed by atoms with van der Waals surface area (Å²) in [5.41, 5.74) is 2.61. The van der Waals surface area contributed by atoms with Crippen LogP contribution in [0.1, 0.15) is 0 Å². The van der Waals surface area contributed by atoms with Crippen LogP contribution in [-0.2, 0) is 6.54 Å². The Labute approximate surface area is 139 Å². The molecule has 118 valence electrons. The minimum atomic E-state index is 0.582. The number of rotatable bonds is 5. The summed E-state index contributed by atoms with van der Waals surface area (Å²) < 4.78 is 12.6.